The van der Waals surface area contributed by atoms with Crippen LogP contribution in [0.1, 0.15) is 0 Å². The van der Waals surface area contributed by atoms with Crippen LogP contribution in [0.15, 0.2) is 36.4 Å². The lowest BCUT2D eigenvalue weighted by molar-refractivity contribution is -0.785. The Labute approximate surface area is 83.4 Å². The molecule has 2 rings (SSSR count). The molecule has 0 saturated heterocycles. The van der Waals surface area contributed by atoms with E-state index in [4.69, 9.17) is 0 Å². The van der Waals surface area contributed by atoms with Crippen molar-refractivity contribution in [3.8, 4) is 5.75 Å². The summed E-state index contributed by atoms with van der Waals surface area (Å²) >= 11 is 0. The summed E-state index contributed by atoms with van der Waals surface area (Å²) in [5.74, 6) is 0.360. The molecule has 2 nitrogen and oxygen atoms in total. The standard InChI is InChI=1S/C12H13NO/c1-13(2)10-7-3-5-9-6-4-8-11(14)12(9)10/h3-8,14H,1-2H3/p+1. The highest BCUT2D eigenvalue weighted by Gasteiger charge is 2.09. The molecule has 0 unspecified atom stereocenters. The van der Waals surface area contributed by atoms with E-state index in [9.17, 15) is 5.11 Å². The number of nitrogens with one attached hydrogen (secondary N) is 1. The number of benzene rings is 2. The number of rotatable bonds is 1. The van der Waals surface area contributed by atoms with Crippen LogP contribution >= 0.6 is 0 Å². The summed E-state index contributed by atoms with van der Waals surface area (Å²) in [6.07, 6.45) is 0. The molecule has 0 heterocycles. The van der Waals surface area contributed by atoms with Crippen LogP contribution in [0, 0.1) is 0 Å². The van der Waals surface area contributed by atoms with Gasteiger partial charge in [-0.3, -0.25) is 0 Å². The summed E-state index contributed by atoms with van der Waals surface area (Å²) in [5, 5.41) is 11.8. The van der Waals surface area contributed by atoms with E-state index in [1.165, 1.54) is 4.90 Å². The van der Waals surface area contributed by atoms with Crippen molar-refractivity contribution in [2.45, 2.75) is 0 Å². The molecule has 2 aromatic rings. The summed E-state index contributed by atoms with van der Waals surface area (Å²) in [4.78, 5) is 1.22. The maximum absolute atomic E-state index is 9.79. The Hall–Kier alpha value is -1.54. The Kier molecular flexibility index (Phi) is 2.14. The summed E-state index contributed by atoms with van der Waals surface area (Å²) in [5.41, 5.74) is 1.13. The number of fused-ring (bicyclic) bond motifs is 1. The van der Waals surface area contributed by atoms with Gasteiger partial charge in [0.15, 0.2) is 0 Å². The second kappa shape index (κ2) is 3.31. The molecule has 0 aromatic heterocycles. The Morgan fingerprint density at radius 1 is 1.00 bits per heavy atom. The van der Waals surface area contributed by atoms with Crippen molar-refractivity contribution in [3.05, 3.63) is 36.4 Å². The monoisotopic (exact) mass is 188 g/mol. The molecule has 2 aromatic carbocycles. The first-order valence-corrected chi connectivity index (χ1v) is 4.71. The number of phenolic OH excluding ortho intramolecular Hbond substituents is 1. The molecule has 0 radical (unpaired) electrons. The van der Waals surface area contributed by atoms with Crippen LogP contribution in [0.2, 0.25) is 0 Å². The van der Waals surface area contributed by atoms with E-state index in [1.807, 2.05) is 30.3 Å². The summed E-state index contributed by atoms with van der Waals surface area (Å²) in [6.45, 7) is 0. The molecule has 0 aliphatic heterocycles. The lowest BCUT2D eigenvalue weighted by atomic mass is 10.1. The third kappa shape index (κ3) is 1.34. The molecule has 2 heteroatoms. The van der Waals surface area contributed by atoms with Gasteiger partial charge in [0, 0.05) is 0 Å². The molecule has 72 valence electrons. The fourth-order valence-electron chi connectivity index (χ4n) is 1.74. The van der Waals surface area contributed by atoms with Crippen LogP contribution in [0.3, 0.4) is 0 Å². The number of phenols is 1. The minimum Gasteiger partial charge on any atom is -0.507 e. The molecule has 0 fully saturated rings. The van der Waals surface area contributed by atoms with Gasteiger partial charge in [0.1, 0.15) is 11.4 Å². The zero-order valence-corrected chi connectivity index (χ0v) is 8.41. The Bertz CT molecular complexity index is 458. The van der Waals surface area contributed by atoms with E-state index in [-0.39, 0.29) is 0 Å². The molecule has 0 spiro atoms. The molecular formula is C12H14NO+. The fourth-order valence-corrected chi connectivity index (χ4v) is 1.74. The molecule has 0 aliphatic carbocycles. The number of quaternary nitrogens is 1. The van der Waals surface area contributed by atoms with E-state index in [0.29, 0.717) is 5.75 Å². The van der Waals surface area contributed by atoms with Crippen LogP contribution in [0.4, 0.5) is 5.69 Å². The first-order chi connectivity index (χ1) is 6.70. The van der Waals surface area contributed by atoms with E-state index >= 15 is 0 Å². The summed E-state index contributed by atoms with van der Waals surface area (Å²) < 4.78 is 0. The van der Waals surface area contributed by atoms with Gasteiger partial charge in [0.2, 0.25) is 0 Å². The predicted octanol–water partition coefficient (Wildman–Crippen LogP) is 1.32. The first kappa shape index (κ1) is 9.03. The second-order valence-electron chi connectivity index (χ2n) is 3.68. The first-order valence-electron chi connectivity index (χ1n) is 4.71. The fraction of sp³-hybridized carbons (Fsp3) is 0.167. The van der Waals surface area contributed by atoms with Crippen molar-refractivity contribution in [1.82, 2.24) is 0 Å². The smallest absolute Gasteiger partial charge is 0.142 e. The van der Waals surface area contributed by atoms with Gasteiger partial charge in [-0.25, -0.2) is 0 Å². The third-order valence-corrected chi connectivity index (χ3v) is 2.42. The molecule has 0 saturated carbocycles. The molecule has 0 atom stereocenters. The predicted molar refractivity (Wildman–Crippen MR) is 58.1 cm³/mol. The van der Waals surface area contributed by atoms with Gasteiger partial charge in [-0.05, 0) is 17.5 Å². The zero-order chi connectivity index (χ0) is 10.1. The highest BCUT2D eigenvalue weighted by molar-refractivity contribution is 5.95. The van der Waals surface area contributed by atoms with Crippen LogP contribution in [0.25, 0.3) is 10.8 Å². The van der Waals surface area contributed by atoms with Crippen molar-refractivity contribution in [2.24, 2.45) is 0 Å². The van der Waals surface area contributed by atoms with Crippen molar-refractivity contribution in [3.63, 3.8) is 0 Å². The quantitative estimate of drug-likeness (QED) is 0.693. The summed E-state index contributed by atoms with van der Waals surface area (Å²) in [6, 6.07) is 11.7. The van der Waals surface area contributed by atoms with Gasteiger partial charge in [0.25, 0.3) is 0 Å². The topological polar surface area (TPSA) is 24.7 Å². The summed E-state index contributed by atoms with van der Waals surface area (Å²) in [7, 11) is 4.11. The minimum absolute atomic E-state index is 0.360. The van der Waals surface area contributed by atoms with Gasteiger partial charge in [0.05, 0.1) is 19.5 Å². The number of hydrogen-bond acceptors (Lipinski definition) is 1. The normalized spacial score (nSPS) is 11.1. The van der Waals surface area contributed by atoms with Crippen molar-refractivity contribution in [1.29, 1.82) is 0 Å². The molecule has 0 aliphatic rings. The Balaban J connectivity index is 2.84. The van der Waals surface area contributed by atoms with Gasteiger partial charge in [-0.1, -0.05) is 24.3 Å². The molecule has 14 heavy (non-hydrogen) atoms. The van der Waals surface area contributed by atoms with Gasteiger partial charge < -0.3 is 10.0 Å². The third-order valence-electron chi connectivity index (χ3n) is 2.42. The maximum atomic E-state index is 9.79. The lowest BCUT2D eigenvalue weighted by Gasteiger charge is -2.10. The van der Waals surface area contributed by atoms with Crippen LogP contribution in [-0.2, 0) is 0 Å². The van der Waals surface area contributed by atoms with Gasteiger partial charge in [-0.15, -0.1) is 0 Å². The highest BCUT2D eigenvalue weighted by Crippen LogP contribution is 2.28. The average molecular weight is 188 g/mol. The van der Waals surface area contributed by atoms with E-state index < -0.39 is 0 Å². The highest BCUT2D eigenvalue weighted by atomic mass is 16.3. The van der Waals surface area contributed by atoms with Crippen LogP contribution in [-0.4, -0.2) is 19.2 Å². The van der Waals surface area contributed by atoms with Crippen LogP contribution in [0.5, 0.6) is 5.75 Å². The molecule has 0 bridgehead atoms. The van der Waals surface area contributed by atoms with E-state index in [2.05, 4.69) is 14.1 Å². The van der Waals surface area contributed by atoms with E-state index in [0.717, 1.165) is 16.5 Å². The molecule has 2 N–H and O–H groups in total. The number of aromatic hydroxyl groups is 1. The average Bonchev–Trinajstić information content (AvgIpc) is 2.17. The molecular weight excluding hydrogens is 174 g/mol. The lowest BCUT2D eigenvalue weighted by Crippen LogP contribution is -3.00. The SMILES string of the molecule is C[NH+](C)c1cccc2cccc(O)c12. The van der Waals surface area contributed by atoms with Crippen molar-refractivity contribution >= 4 is 16.5 Å². The van der Waals surface area contributed by atoms with Crippen molar-refractivity contribution < 1.29 is 10.0 Å². The Morgan fingerprint density at radius 3 is 2.29 bits per heavy atom. The van der Waals surface area contributed by atoms with Crippen molar-refractivity contribution in [2.75, 3.05) is 14.1 Å². The van der Waals surface area contributed by atoms with Gasteiger partial charge in [-0.2, -0.15) is 0 Å². The minimum atomic E-state index is 0.360. The van der Waals surface area contributed by atoms with E-state index in [1.54, 1.807) is 6.07 Å². The Morgan fingerprint density at radius 2 is 1.64 bits per heavy atom. The second-order valence-corrected chi connectivity index (χ2v) is 3.68. The van der Waals surface area contributed by atoms with Crippen LogP contribution < -0.4 is 4.90 Å². The van der Waals surface area contributed by atoms with Gasteiger partial charge >= 0.3 is 0 Å². The maximum Gasteiger partial charge on any atom is 0.142 e. The number of hydrogen-bond donors (Lipinski definition) is 2. The zero-order valence-electron chi connectivity index (χ0n) is 8.41. The largest absolute Gasteiger partial charge is 0.507 e. The molecule has 0 amide bonds.